The fourth-order valence-corrected chi connectivity index (χ4v) is 0. The molecule has 6 heavy (non-hydrogen) atoms. The van der Waals surface area contributed by atoms with Gasteiger partial charge < -0.3 is 1.43 Å². The maximum absolute atomic E-state index is 0. The van der Waals surface area contributed by atoms with E-state index in [1.165, 1.54) is 0 Å². The molecule has 0 N–H and O–H groups in total. The Labute approximate surface area is 108 Å². The van der Waals surface area contributed by atoms with E-state index in [2.05, 4.69) is 0 Å². The van der Waals surface area contributed by atoms with Crippen LogP contribution in [0.1, 0.15) is 1.43 Å². The molecule has 2 radical (unpaired) electrons. The summed E-state index contributed by atoms with van der Waals surface area (Å²) in [6.07, 6.45) is 0. The van der Waals surface area contributed by atoms with Crippen LogP contribution in [-0.2, 0) is 0 Å². The molecule has 0 bridgehead atoms. The van der Waals surface area contributed by atoms with E-state index in [1.807, 2.05) is 0 Å². The molecule has 0 aliphatic rings. The van der Waals surface area contributed by atoms with Gasteiger partial charge in [0.1, 0.15) is 0 Å². The quantitative estimate of drug-likeness (QED) is 0.402. The van der Waals surface area contributed by atoms with E-state index in [1.54, 1.807) is 0 Å². The molecule has 0 aliphatic heterocycles. The van der Waals surface area contributed by atoms with Crippen molar-refractivity contribution >= 4 is 78.5 Å². The molecule has 0 saturated carbocycles. The predicted molar refractivity (Wildman–Crippen MR) is 41.3 cm³/mol. The molecule has 0 nitrogen and oxygen atoms in total. The fourth-order valence-electron chi connectivity index (χ4n) is 0. The van der Waals surface area contributed by atoms with Crippen molar-refractivity contribution in [3.05, 3.63) is 0 Å². The molecule has 0 aromatic heterocycles. The maximum atomic E-state index is 0. The summed E-state index contributed by atoms with van der Waals surface area (Å²) < 4.78 is 0. The van der Waals surface area contributed by atoms with Gasteiger partial charge in [-0.25, -0.2) is 0 Å². The summed E-state index contributed by atoms with van der Waals surface area (Å²) in [5, 5.41) is 0. The summed E-state index contributed by atoms with van der Waals surface area (Å²) in [6, 6.07) is 0. The molecule has 0 aliphatic carbocycles. The zero-order valence-electron chi connectivity index (χ0n) is 3.93. The van der Waals surface area contributed by atoms with E-state index in [9.17, 15) is 0 Å². The van der Waals surface area contributed by atoms with Crippen LogP contribution in [0.4, 0.5) is 0 Å². The van der Waals surface area contributed by atoms with Gasteiger partial charge in [-0.1, -0.05) is 0 Å². The van der Waals surface area contributed by atoms with Gasteiger partial charge in [-0.15, -0.1) is 37.2 Å². The van der Waals surface area contributed by atoms with Crippen molar-refractivity contribution in [3.8, 4) is 0 Å². The van der Waals surface area contributed by atoms with Crippen LogP contribution in [-0.4, -0.2) is 41.3 Å². The van der Waals surface area contributed by atoms with E-state index in [4.69, 9.17) is 0 Å². The Balaban J connectivity index is 0. The van der Waals surface area contributed by atoms with Gasteiger partial charge in [0.2, 0.25) is 0 Å². The Kier molecular flexibility index (Phi) is 418. The zero-order valence-corrected chi connectivity index (χ0v) is 11.4. The van der Waals surface area contributed by atoms with Crippen LogP contribution in [0.15, 0.2) is 0 Å². The van der Waals surface area contributed by atoms with Crippen molar-refractivity contribution in [2.75, 3.05) is 0 Å². The Hall–Kier alpha value is 3.20. The van der Waals surface area contributed by atoms with Gasteiger partial charge in [0.25, 0.3) is 0 Å². The standard InChI is InChI=1S/Al.3ClH.Na.Sn.6H/h;3*1H;;;;;;;;/q;;;;+1;;;;;;;-1. The molecule has 0 rings (SSSR count). The Morgan fingerprint density at radius 2 is 0.833 bits per heavy atom. The summed E-state index contributed by atoms with van der Waals surface area (Å²) in [7, 11) is 0. The SMILES string of the molecule is Cl.Cl.Cl.[AlH3].[H-].[Na+].[SnH2]. The van der Waals surface area contributed by atoms with Crippen molar-refractivity contribution < 1.29 is 31.0 Å². The van der Waals surface area contributed by atoms with E-state index >= 15 is 0 Å². The van der Waals surface area contributed by atoms with E-state index in [0.717, 1.165) is 0 Å². The second kappa shape index (κ2) is 41.5. The average molecular weight is 284 g/mol. The van der Waals surface area contributed by atoms with E-state index in [0.29, 0.717) is 0 Å². The third-order valence-corrected chi connectivity index (χ3v) is 0. The normalized spacial score (nSPS) is 0. The molecule has 0 unspecified atom stereocenters. The van der Waals surface area contributed by atoms with Gasteiger partial charge >= 0.3 is 53.5 Å². The number of hydrogen-bond acceptors (Lipinski definition) is 0. The van der Waals surface area contributed by atoms with Gasteiger partial charge in [0, 0.05) is 0 Å². The molecule has 6 heteroatoms. The molecule has 0 amide bonds. The van der Waals surface area contributed by atoms with Crippen LogP contribution >= 0.6 is 37.2 Å². The Morgan fingerprint density at radius 1 is 0.833 bits per heavy atom. The molecule has 0 atom stereocenters. The molecular formula is H9AlCl3NaSn. The minimum atomic E-state index is 0. The molecule has 0 aromatic carbocycles. The summed E-state index contributed by atoms with van der Waals surface area (Å²) in [5.74, 6) is 0. The molecule has 0 aromatic rings. The van der Waals surface area contributed by atoms with Gasteiger partial charge in [-0.3, -0.25) is 0 Å². The third-order valence-electron chi connectivity index (χ3n) is 0. The molecule has 0 fully saturated rings. The van der Waals surface area contributed by atoms with Crippen LogP contribution < -0.4 is 29.6 Å². The first kappa shape index (κ1) is 60.4. The van der Waals surface area contributed by atoms with Crippen molar-refractivity contribution in [1.82, 2.24) is 0 Å². The number of halogens is 3. The third kappa shape index (κ3) is 27.0. The summed E-state index contributed by atoms with van der Waals surface area (Å²) in [5.41, 5.74) is 0. The summed E-state index contributed by atoms with van der Waals surface area (Å²) in [6.45, 7) is 0. The van der Waals surface area contributed by atoms with E-state index < -0.39 is 0 Å². The van der Waals surface area contributed by atoms with Crippen molar-refractivity contribution in [2.45, 2.75) is 0 Å². The van der Waals surface area contributed by atoms with Crippen molar-refractivity contribution in [1.29, 1.82) is 0 Å². The molecule has 38 valence electrons. The van der Waals surface area contributed by atoms with Gasteiger partial charge in [-0.05, 0) is 0 Å². The van der Waals surface area contributed by atoms with Crippen LogP contribution in [0.25, 0.3) is 0 Å². The van der Waals surface area contributed by atoms with Crippen molar-refractivity contribution in [2.24, 2.45) is 0 Å². The van der Waals surface area contributed by atoms with E-state index in [-0.39, 0.29) is 109 Å². The second-order valence-electron chi connectivity index (χ2n) is 0. The average Bonchev–Trinajstić information content (AvgIpc) is 0. The molecule has 0 spiro atoms. The first-order valence-electron chi connectivity index (χ1n) is 0. The van der Waals surface area contributed by atoms with Crippen LogP contribution in [0.2, 0.25) is 0 Å². The van der Waals surface area contributed by atoms with Crippen LogP contribution in [0, 0.1) is 0 Å². The summed E-state index contributed by atoms with van der Waals surface area (Å²) in [4.78, 5) is 0. The first-order chi connectivity index (χ1) is 0. The van der Waals surface area contributed by atoms with Gasteiger partial charge in [0.15, 0.2) is 17.4 Å². The predicted octanol–water partition coefficient (Wildman–Crippen LogP) is -3.72. The topological polar surface area (TPSA) is 0 Å². The summed E-state index contributed by atoms with van der Waals surface area (Å²) >= 11 is 0. The molecule has 0 saturated heterocycles. The zero-order chi connectivity index (χ0) is 0. The van der Waals surface area contributed by atoms with Gasteiger partial charge in [-0.2, -0.15) is 0 Å². The van der Waals surface area contributed by atoms with Gasteiger partial charge in [0.05, 0.1) is 0 Å². The Bertz CT molecular complexity index is 14.9. The minimum absolute atomic E-state index is 0. The van der Waals surface area contributed by atoms with Crippen LogP contribution in [0.5, 0.6) is 0 Å². The number of hydrogen-bond donors (Lipinski definition) is 0. The fraction of sp³-hybridized carbons (Fsp3) is 0. The van der Waals surface area contributed by atoms with Crippen LogP contribution in [0.3, 0.4) is 0 Å². The molecule has 0 heterocycles. The second-order valence-corrected chi connectivity index (χ2v) is 0. The Morgan fingerprint density at radius 3 is 0.833 bits per heavy atom. The van der Waals surface area contributed by atoms with Crippen molar-refractivity contribution in [3.63, 3.8) is 0 Å². The number of rotatable bonds is 0. The molecular weight excluding hydrogens is 275 g/mol. The monoisotopic (exact) mass is 284 g/mol. The first-order valence-corrected chi connectivity index (χ1v) is 0.